The molecule has 11 heteroatoms. The van der Waals surface area contributed by atoms with Crippen molar-refractivity contribution in [2.75, 3.05) is 6.79 Å². The van der Waals surface area contributed by atoms with Gasteiger partial charge in [0, 0.05) is 0 Å². The van der Waals surface area contributed by atoms with Gasteiger partial charge in [-0.3, -0.25) is 9.05 Å². The van der Waals surface area contributed by atoms with Gasteiger partial charge in [-0.15, -0.1) is 0 Å². The van der Waals surface area contributed by atoms with Crippen LogP contribution in [0.1, 0.15) is 0 Å². The standard InChI is InChI=1S/CH4O7P2.2H3N/c2-9(3,4)8-10(5)6-1-7-10;;/h1H2,(H2,2,3,4);2*1H3. The third-order valence-electron chi connectivity index (χ3n) is 0.628. The Morgan fingerprint density at radius 2 is 1.75 bits per heavy atom. The molecule has 0 atom stereocenters. The van der Waals surface area contributed by atoms with Crippen molar-refractivity contribution in [2.45, 2.75) is 0 Å². The summed E-state index contributed by atoms with van der Waals surface area (Å²) in [6.45, 7) is -0.267. The number of hydrogen-bond donors (Lipinski definition) is 4. The van der Waals surface area contributed by atoms with E-state index in [0.29, 0.717) is 0 Å². The first-order valence-corrected chi connectivity index (χ1v) is 5.06. The first kappa shape index (κ1) is 14.7. The zero-order valence-electron chi connectivity index (χ0n) is 5.95. The van der Waals surface area contributed by atoms with Crippen molar-refractivity contribution in [1.29, 1.82) is 0 Å². The van der Waals surface area contributed by atoms with Crippen molar-refractivity contribution in [2.24, 2.45) is 0 Å². The summed E-state index contributed by atoms with van der Waals surface area (Å²) < 4.78 is 32.4. The van der Waals surface area contributed by atoms with Gasteiger partial charge in [0.05, 0.1) is 0 Å². The minimum absolute atomic E-state index is 0. The lowest BCUT2D eigenvalue weighted by molar-refractivity contribution is -0.0259. The molecule has 0 aromatic carbocycles. The van der Waals surface area contributed by atoms with Gasteiger partial charge in [0.2, 0.25) is 0 Å². The molecule has 0 amide bonds. The molecule has 9 nitrogen and oxygen atoms in total. The third-order valence-corrected chi connectivity index (χ3v) is 3.12. The third kappa shape index (κ3) is 4.27. The zero-order valence-corrected chi connectivity index (χ0v) is 7.74. The summed E-state index contributed by atoms with van der Waals surface area (Å²) in [6.07, 6.45) is 0. The molecular formula is CH10N2O7P2. The van der Waals surface area contributed by atoms with Gasteiger partial charge in [-0.05, 0) is 0 Å². The van der Waals surface area contributed by atoms with Crippen molar-refractivity contribution >= 4 is 15.6 Å². The van der Waals surface area contributed by atoms with E-state index >= 15 is 0 Å². The topological polar surface area (TPSA) is 172 Å². The summed E-state index contributed by atoms with van der Waals surface area (Å²) in [5.41, 5.74) is 0. The van der Waals surface area contributed by atoms with E-state index in [1.54, 1.807) is 0 Å². The molecule has 12 heavy (non-hydrogen) atoms. The van der Waals surface area contributed by atoms with Crippen LogP contribution in [0, 0.1) is 0 Å². The molecule has 1 saturated heterocycles. The average molecular weight is 224 g/mol. The van der Waals surface area contributed by atoms with Gasteiger partial charge in [0.1, 0.15) is 0 Å². The van der Waals surface area contributed by atoms with Crippen molar-refractivity contribution in [1.82, 2.24) is 12.3 Å². The van der Waals surface area contributed by atoms with E-state index < -0.39 is 15.6 Å². The lowest BCUT2D eigenvalue weighted by Crippen LogP contribution is -2.11. The van der Waals surface area contributed by atoms with Crippen molar-refractivity contribution < 1.29 is 32.3 Å². The molecule has 0 radical (unpaired) electrons. The Kier molecular flexibility index (Phi) is 5.42. The molecule has 0 spiro atoms. The van der Waals surface area contributed by atoms with Crippen LogP contribution in [0.4, 0.5) is 0 Å². The molecular weight excluding hydrogens is 214 g/mol. The fraction of sp³-hybridized carbons (Fsp3) is 1.00. The normalized spacial score (nSPS) is 19.8. The van der Waals surface area contributed by atoms with Gasteiger partial charge in [0.25, 0.3) is 0 Å². The van der Waals surface area contributed by atoms with Gasteiger partial charge in [-0.1, -0.05) is 0 Å². The lowest BCUT2D eigenvalue weighted by atomic mass is 11.6. The quantitative estimate of drug-likeness (QED) is 0.487. The molecule has 0 bridgehead atoms. The van der Waals surface area contributed by atoms with E-state index in [1.807, 2.05) is 0 Å². The van der Waals surface area contributed by atoms with E-state index in [2.05, 4.69) is 13.4 Å². The molecule has 76 valence electrons. The Morgan fingerprint density at radius 1 is 1.33 bits per heavy atom. The van der Waals surface area contributed by atoms with Gasteiger partial charge < -0.3 is 22.1 Å². The monoisotopic (exact) mass is 224 g/mol. The second-order valence-electron chi connectivity index (χ2n) is 1.40. The Balaban J connectivity index is 0. The molecule has 1 aliphatic rings. The minimum atomic E-state index is -4.77. The second-order valence-corrected chi connectivity index (χ2v) is 4.44. The highest BCUT2D eigenvalue weighted by Crippen LogP contribution is 2.65. The summed E-state index contributed by atoms with van der Waals surface area (Å²) >= 11 is 0. The van der Waals surface area contributed by atoms with Crippen LogP contribution in [0.25, 0.3) is 0 Å². The molecule has 1 rings (SSSR count). The number of hydrogen-bond acceptors (Lipinski definition) is 7. The summed E-state index contributed by atoms with van der Waals surface area (Å²) in [4.78, 5) is 16.1. The molecule has 0 aliphatic carbocycles. The Hall–Kier alpha value is 0.180. The maximum atomic E-state index is 10.5. The van der Waals surface area contributed by atoms with Crippen LogP contribution in [0.5, 0.6) is 0 Å². The smallest absolute Gasteiger partial charge is 0.344 e. The van der Waals surface area contributed by atoms with Gasteiger partial charge >= 0.3 is 15.6 Å². The minimum Gasteiger partial charge on any atom is -0.344 e. The molecule has 1 fully saturated rings. The Morgan fingerprint density at radius 3 is 1.83 bits per heavy atom. The Labute approximate surface area is 68.0 Å². The number of phosphoric acid groups is 2. The van der Waals surface area contributed by atoms with Crippen LogP contribution in [-0.2, 0) is 22.5 Å². The molecule has 1 aliphatic heterocycles. The van der Waals surface area contributed by atoms with Crippen LogP contribution in [0.2, 0.25) is 0 Å². The van der Waals surface area contributed by atoms with E-state index in [-0.39, 0.29) is 19.1 Å². The van der Waals surface area contributed by atoms with E-state index in [1.165, 1.54) is 0 Å². The van der Waals surface area contributed by atoms with Gasteiger partial charge in [0.15, 0.2) is 6.79 Å². The first-order valence-electron chi connectivity index (χ1n) is 2.07. The van der Waals surface area contributed by atoms with Gasteiger partial charge in [-0.25, -0.2) is 9.13 Å². The predicted octanol–water partition coefficient (Wildman–Crippen LogP) is 0.532. The highest BCUT2D eigenvalue weighted by molar-refractivity contribution is 7.61. The van der Waals surface area contributed by atoms with Crippen LogP contribution in [0.15, 0.2) is 0 Å². The summed E-state index contributed by atoms with van der Waals surface area (Å²) in [5.74, 6) is 0. The van der Waals surface area contributed by atoms with Crippen LogP contribution in [0.3, 0.4) is 0 Å². The van der Waals surface area contributed by atoms with Crippen LogP contribution < -0.4 is 12.3 Å². The Bertz CT molecular complexity index is 213. The zero-order chi connectivity index (χ0) is 7.83. The largest absolute Gasteiger partial charge is 0.488 e. The lowest BCUT2D eigenvalue weighted by Gasteiger charge is -2.24. The van der Waals surface area contributed by atoms with E-state index in [0.717, 1.165) is 0 Å². The molecule has 0 aromatic heterocycles. The fourth-order valence-electron chi connectivity index (χ4n) is 0.316. The SMILES string of the molecule is N.N.O=P(O)(O)OP1(=O)OCO1. The molecule has 1 heterocycles. The predicted molar refractivity (Wildman–Crippen MR) is 37.8 cm³/mol. The van der Waals surface area contributed by atoms with Crippen molar-refractivity contribution in [3.63, 3.8) is 0 Å². The van der Waals surface area contributed by atoms with E-state index in [9.17, 15) is 9.13 Å². The molecule has 8 N–H and O–H groups in total. The molecule has 0 unspecified atom stereocenters. The number of rotatable bonds is 2. The maximum absolute atomic E-state index is 10.5. The van der Waals surface area contributed by atoms with Crippen LogP contribution >= 0.6 is 15.6 Å². The van der Waals surface area contributed by atoms with Gasteiger partial charge in [-0.2, -0.15) is 4.31 Å². The second kappa shape index (κ2) is 4.43. The summed E-state index contributed by atoms with van der Waals surface area (Å²) in [5, 5.41) is 0. The van der Waals surface area contributed by atoms with Crippen molar-refractivity contribution in [3.05, 3.63) is 0 Å². The summed E-state index contributed by atoms with van der Waals surface area (Å²) in [7, 11) is -8.64. The van der Waals surface area contributed by atoms with Crippen LogP contribution in [-0.4, -0.2) is 16.6 Å². The average Bonchev–Trinajstić information content (AvgIpc) is 1.57. The highest BCUT2D eigenvalue weighted by Gasteiger charge is 2.42. The highest BCUT2D eigenvalue weighted by atomic mass is 31.3. The maximum Gasteiger partial charge on any atom is 0.488 e. The summed E-state index contributed by atoms with van der Waals surface area (Å²) in [6, 6.07) is 0. The fourth-order valence-corrected chi connectivity index (χ4v) is 2.01. The molecule has 0 aromatic rings. The van der Waals surface area contributed by atoms with E-state index in [4.69, 9.17) is 9.79 Å². The first-order chi connectivity index (χ1) is 4.41. The van der Waals surface area contributed by atoms with Crippen molar-refractivity contribution in [3.8, 4) is 0 Å². The molecule has 0 saturated carbocycles. The number of phosphoric ester groups is 1.